The van der Waals surface area contributed by atoms with Crippen molar-refractivity contribution in [3.63, 3.8) is 0 Å². The number of piperazine rings is 1. The summed E-state index contributed by atoms with van der Waals surface area (Å²) in [5.74, 6) is -1.54. The van der Waals surface area contributed by atoms with Crippen molar-refractivity contribution in [3.05, 3.63) is 35.4 Å². The molecule has 100 valence electrons. The molecular weight excluding hydrogens is 302 g/mol. The van der Waals surface area contributed by atoms with Crippen molar-refractivity contribution < 1.29 is 8.78 Å². The van der Waals surface area contributed by atoms with Crippen LogP contribution in [0, 0.1) is 11.6 Å². The van der Waals surface area contributed by atoms with Crippen LogP contribution in [-0.2, 0) is 6.54 Å². The Morgan fingerprint density at radius 1 is 1.00 bits per heavy atom. The maximum absolute atomic E-state index is 13.1. The monoisotopic (exact) mass is 318 g/mol. The van der Waals surface area contributed by atoms with Gasteiger partial charge in [-0.3, -0.25) is 9.80 Å². The van der Waals surface area contributed by atoms with E-state index in [0.717, 1.165) is 43.6 Å². The van der Waals surface area contributed by atoms with Gasteiger partial charge in [-0.15, -0.1) is 0 Å². The first-order valence-corrected chi connectivity index (χ1v) is 7.26. The fourth-order valence-corrected chi connectivity index (χ4v) is 2.69. The molecule has 1 saturated heterocycles. The van der Waals surface area contributed by atoms with Gasteiger partial charge in [0.05, 0.1) is 0 Å². The minimum absolute atomic E-state index is 0.694. The number of alkyl halides is 1. The molecule has 5 heteroatoms. The van der Waals surface area contributed by atoms with Crippen LogP contribution >= 0.6 is 15.9 Å². The van der Waals surface area contributed by atoms with E-state index in [0.29, 0.717) is 6.54 Å². The van der Waals surface area contributed by atoms with E-state index in [1.54, 1.807) is 6.07 Å². The third kappa shape index (κ3) is 3.73. The highest BCUT2D eigenvalue weighted by atomic mass is 79.9. The summed E-state index contributed by atoms with van der Waals surface area (Å²) in [6.07, 6.45) is 0. The minimum Gasteiger partial charge on any atom is -0.300 e. The van der Waals surface area contributed by atoms with E-state index >= 15 is 0 Å². The van der Waals surface area contributed by atoms with Crippen LogP contribution in [0.4, 0.5) is 8.78 Å². The molecule has 0 bridgehead atoms. The maximum Gasteiger partial charge on any atom is 0.159 e. The first kappa shape index (κ1) is 13.9. The number of hydrogen-bond acceptors (Lipinski definition) is 2. The lowest BCUT2D eigenvalue weighted by molar-refractivity contribution is 0.133. The molecule has 1 aliphatic heterocycles. The molecule has 2 rings (SSSR count). The first-order chi connectivity index (χ1) is 8.69. The van der Waals surface area contributed by atoms with Crippen LogP contribution in [0.3, 0.4) is 0 Å². The van der Waals surface area contributed by atoms with Crippen LogP contribution in [-0.4, -0.2) is 47.9 Å². The summed E-state index contributed by atoms with van der Waals surface area (Å²) in [4.78, 5) is 4.67. The molecule has 0 radical (unpaired) electrons. The van der Waals surface area contributed by atoms with Crippen molar-refractivity contribution >= 4 is 15.9 Å². The van der Waals surface area contributed by atoms with Crippen LogP contribution in [0.2, 0.25) is 0 Å². The molecule has 1 aromatic carbocycles. The van der Waals surface area contributed by atoms with Gasteiger partial charge in [-0.05, 0) is 17.7 Å². The van der Waals surface area contributed by atoms with Crippen LogP contribution in [0.1, 0.15) is 5.56 Å². The Hall–Kier alpha value is -0.520. The van der Waals surface area contributed by atoms with Gasteiger partial charge in [-0.25, -0.2) is 8.78 Å². The Balaban J connectivity index is 1.85. The molecule has 1 heterocycles. The van der Waals surface area contributed by atoms with Gasteiger partial charge < -0.3 is 0 Å². The summed E-state index contributed by atoms with van der Waals surface area (Å²) >= 11 is 3.44. The van der Waals surface area contributed by atoms with Gasteiger partial charge in [0.25, 0.3) is 0 Å². The summed E-state index contributed by atoms with van der Waals surface area (Å²) in [6, 6.07) is 4.15. The highest BCUT2D eigenvalue weighted by Crippen LogP contribution is 2.12. The van der Waals surface area contributed by atoms with Crippen molar-refractivity contribution in [2.24, 2.45) is 0 Å². The average molecular weight is 319 g/mol. The van der Waals surface area contributed by atoms with Gasteiger partial charge in [0.2, 0.25) is 0 Å². The molecule has 0 aliphatic carbocycles. The lowest BCUT2D eigenvalue weighted by Crippen LogP contribution is -2.46. The molecule has 0 N–H and O–H groups in total. The Labute approximate surface area is 115 Å². The molecule has 1 aliphatic rings. The fourth-order valence-electron chi connectivity index (χ4n) is 2.19. The smallest absolute Gasteiger partial charge is 0.159 e. The summed E-state index contributed by atoms with van der Waals surface area (Å²) in [6.45, 7) is 5.79. The molecule has 1 fully saturated rings. The lowest BCUT2D eigenvalue weighted by Gasteiger charge is -2.34. The van der Waals surface area contributed by atoms with Crippen molar-refractivity contribution in [1.29, 1.82) is 0 Å². The highest BCUT2D eigenvalue weighted by molar-refractivity contribution is 9.09. The number of benzene rings is 1. The second kappa shape index (κ2) is 6.59. The molecule has 0 amide bonds. The molecular formula is C13H17BrF2N2. The molecule has 0 atom stereocenters. The largest absolute Gasteiger partial charge is 0.300 e. The van der Waals surface area contributed by atoms with E-state index in [1.807, 2.05) is 0 Å². The van der Waals surface area contributed by atoms with E-state index in [-0.39, 0.29) is 0 Å². The topological polar surface area (TPSA) is 6.48 Å². The zero-order chi connectivity index (χ0) is 13.0. The Morgan fingerprint density at radius 2 is 1.67 bits per heavy atom. The van der Waals surface area contributed by atoms with E-state index in [1.165, 1.54) is 12.1 Å². The molecule has 0 saturated carbocycles. The van der Waals surface area contributed by atoms with Gasteiger partial charge in [-0.1, -0.05) is 22.0 Å². The third-order valence-corrected chi connectivity index (χ3v) is 3.61. The standard InChI is InChI=1S/C13H17BrF2N2/c14-3-4-17-5-7-18(8-6-17)10-11-1-2-12(15)13(16)9-11/h1-2,9H,3-8,10H2. The molecule has 0 unspecified atom stereocenters. The normalized spacial score (nSPS) is 18.2. The summed E-state index contributed by atoms with van der Waals surface area (Å²) < 4.78 is 25.9. The quantitative estimate of drug-likeness (QED) is 0.787. The maximum atomic E-state index is 13.1. The van der Waals surface area contributed by atoms with Crippen molar-refractivity contribution in [2.75, 3.05) is 38.1 Å². The van der Waals surface area contributed by atoms with Gasteiger partial charge in [-0.2, -0.15) is 0 Å². The van der Waals surface area contributed by atoms with E-state index in [9.17, 15) is 8.78 Å². The number of hydrogen-bond donors (Lipinski definition) is 0. The van der Waals surface area contributed by atoms with Crippen LogP contribution in [0.5, 0.6) is 0 Å². The zero-order valence-corrected chi connectivity index (χ0v) is 11.8. The zero-order valence-electron chi connectivity index (χ0n) is 10.2. The number of rotatable bonds is 4. The molecule has 0 aromatic heterocycles. The average Bonchev–Trinajstić information content (AvgIpc) is 2.37. The minimum atomic E-state index is -0.777. The summed E-state index contributed by atoms with van der Waals surface area (Å²) in [5.41, 5.74) is 0.836. The second-order valence-electron chi connectivity index (χ2n) is 4.56. The summed E-state index contributed by atoms with van der Waals surface area (Å²) in [7, 11) is 0. The Morgan fingerprint density at radius 3 is 2.28 bits per heavy atom. The fraction of sp³-hybridized carbons (Fsp3) is 0.538. The summed E-state index contributed by atoms with van der Waals surface area (Å²) in [5, 5.41) is 0.996. The van der Waals surface area contributed by atoms with E-state index < -0.39 is 11.6 Å². The van der Waals surface area contributed by atoms with Crippen LogP contribution in [0.15, 0.2) is 18.2 Å². The molecule has 1 aromatic rings. The SMILES string of the molecule is Fc1ccc(CN2CCN(CCBr)CC2)cc1F. The van der Waals surface area contributed by atoms with Crippen LogP contribution in [0.25, 0.3) is 0 Å². The first-order valence-electron chi connectivity index (χ1n) is 6.13. The van der Waals surface area contributed by atoms with Crippen LogP contribution < -0.4 is 0 Å². The predicted octanol–water partition coefficient (Wildman–Crippen LogP) is 2.48. The number of halogens is 3. The molecule has 18 heavy (non-hydrogen) atoms. The van der Waals surface area contributed by atoms with Gasteiger partial charge in [0.15, 0.2) is 11.6 Å². The Kier molecular flexibility index (Phi) is 5.09. The van der Waals surface area contributed by atoms with E-state index in [4.69, 9.17) is 0 Å². The van der Waals surface area contributed by atoms with E-state index in [2.05, 4.69) is 25.7 Å². The van der Waals surface area contributed by atoms with Gasteiger partial charge >= 0.3 is 0 Å². The number of nitrogens with zero attached hydrogens (tertiary/aromatic N) is 2. The second-order valence-corrected chi connectivity index (χ2v) is 5.35. The third-order valence-electron chi connectivity index (χ3n) is 3.26. The van der Waals surface area contributed by atoms with Crippen molar-refractivity contribution in [1.82, 2.24) is 9.80 Å². The van der Waals surface area contributed by atoms with Gasteiger partial charge in [0, 0.05) is 44.6 Å². The molecule has 2 nitrogen and oxygen atoms in total. The van der Waals surface area contributed by atoms with Gasteiger partial charge in [0.1, 0.15) is 0 Å². The van der Waals surface area contributed by atoms with Crippen molar-refractivity contribution in [2.45, 2.75) is 6.54 Å². The Bertz CT molecular complexity index is 393. The lowest BCUT2D eigenvalue weighted by atomic mass is 10.2. The predicted molar refractivity (Wildman–Crippen MR) is 71.9 cm³/mol. The highest BCUT2D eigenvalue weighted by Gasteiger charge is 2.16. The van der Waals surface area contributed by atoms with Crippen molar-refractivity contribution in [3.8, 4) is 0 Å². The molecule has 0 spiro atoms.